The average molecular weight is 165 g/mol. The van der Waals surface area contributed by atoms with Gasteiger partial charge in [0, 0.05) is 6.20 Å². The van der Waals surface area contributed by atoms with Crippen molar-refractivity contribution in [1.82, 2.24) is 4.98 Å². The van der Waals surface area contributed by atoms with E-state index in [1.165, 1.54) is 0 Å². The second kappa shape index (κ2) is 3.13. The van der Waals surface area contributed by atoms with Crippen LogP contribution in [0.25, 0.3) is 0 Å². The molecule has 0 amide bonds. The SMILES string of the molecule is CC(C)(C)Cc1ncccc1O. The molecule has 0 aliphatic rings. The van der Waals surface area contributed by atoms with Gasteiger partial charge in [0.2, 0.25) is 0 Å². The lowest BCUT2D eigenvalue weighted by atomic mass is 9.90. The molecule has 1 N–H and O–H groups in total. The molecule has 0 fully saturated rings. The molecule has 1 rings (SSSR count). The van der Waals surface area contributed by atoms with Crippen molar-refractivity contribution in [1.29, 1.82) is 0 Å². The fourth-order valence-corrected chi connectivity index (χ4v) is 1.07. The Bertz CT molecular complexity index is 263. The lowest BCUT2D eigenvalue weighted by Gasteiger charge is -2.17. The van der Waals surface area contributed by atoms with Gasteiger partial charge in [0.05, 0.1) is 5.69 Å². The molecular formula is C10H15NO. The van der Waals surface area contributed by atoms with E-state index in [2.05, 4.69) is 25.8 Å². The van der Waals surface area contributed by atoms with Gasteiger partial charge in [0.15, 0.2) is 0 Å². The summed E-state index contributed by atoms with van der Waals surface area (Å²) in [5, 5.41) is 9.41. The van der Waals surface area contributed by atoms with Crippen LogP contribution in [0.15, 0.2) is 18.3 Å². The van der Waals surface area contributed by atoms with Crippen LogP contribution in [-0.4, -0.2) is 10.1 Å². The van der Waals surface area contributed by atoms with Crippen LogP contribution in [0.5, 0.6) is 5.75 Å². The molecule has 0 aliphatic heterocycles. The maximum Gasteiger partial charge on any atom is 0.137 e. The molecule has 0 atom stereocenters. The first-order valence-corrected chi connectivity index (χ1v) is 4.12. The highest BCUT2D eigenvalue weighted by Gasteiger charge is 2.14. The minimum absolute atomic E-state index is 0.172. The van der Waals surface area contributed by atoms with Crippen LogP contribution < -0.4 is 0 Å². The summed E-state index contributed by atoms with van der Waals surface area (Å²) in [7, 11) is 0. The Morgan fingerprint density at radius 1 is 1.42 bits per heavy atom. The zero-order chi connectivity index (χ0) is 9.19. The van der Waals surface area contributed by atoms with E-state index in [0.29, 0.717) is 5.75 Å². The fraction of sp³-hybridized carbons (Fsp3) is 0.500. The van der Waals surface area contributed by atoms with Crippen LogP contribution in [0.2, 0.25) is 0 Å². The van der Waals surface area contributed by atoms with Crippen LogP contribution in [0.1, 0.15) is 26.5 Å². The monoisotopic (exact) mass is 165 g/mol. The van der Waals surface area contributed by atoms with Gasteiger partial charge < -0.3 is 5.11 Å². The van der Waals surface area contributed by atoms with Crippen molar-refractivity contribution in [3.8, 4) is 5.75 Å². The number of pyridine rings is 1. The Balaban J connectivity index is 2.83. The standard InChI is InChI=1S/C10H15NO/c1-10(2,3)7-8-9(12)5-4-6-11-8/h4-6,12H,7H2,1-3H3. The van der Waals surface area contributed by atoms with E-state index in [9.17, 15) is 5.11 Å². The summed E-state index contributed by atoms with van der Waals surface area (Å²) in [6.07, 6.45) is 2.51. The summed E-state index contributed by atoms with van der Waals surface area (Å²) < 4.78 is 0. The van der Waals surface area contributed by atoms with Crippen LogP contribution in [0, 0.1) is 5.41 Å². The minimum Gasteiger partial charge on any atom is -0.506 e. The average Bonchev–Trinajstić information content (AvgIpc) is 1.91. The van der Waals surface area contributed by atoms with Crippen molar-refractivity contribution >= 4 is 0 Å². The maximum atomic E-state index is 9.41. The van der Waals surface area contributed by atoms with Crippen molar-refractivity contribution in [2.45, 2.75) is 27.2 Å². The van der Waals surface area contributed by atoms with Crippen molar-refractivity contribution in [3.05, 3.63) is 24.0 Å². The van der Waals surface area contributed by atoms with Crippen molar-refractivity contribution < 1.29 is 5.11 Å². The lowest BCUT2D eigenvalue weighted by Crippen LogP contribution is -2.10. The molecule has 0 saturated carbocycles. The summed E-state index contributed by atoms with van der Waals surface area (Å²) in [5.74, 6) is 0.299. The van der Waals surface area contributed by atoms with Gasteiger partial charge in [-0.05, 0) is 24.0 Å². The molecule has 1 heterocycles. The Kier molecular flexibility index (Phi) is 2.36. The summed E-state index contributed by atoms with van der Waals surface area (Å²) in [5.41, 5.74) is 0.955. The van der Waals surface area contributed by atoms with Crippen LogP contribution in [0.4, 0.5) is 0 Å². The number of aromatic hydroxyl groups is 1. The van der Waals surface area contributed by atoms with Gasteiger partial charge in [-0.25, -0.2) is 0 Å². The number of rotatable bonds is 1. The van der Waals surface area contributed by atoms with E-state index in [1.807, 2.05) is 0 Å². The molecule has 1 aromatic rings. The van der Waals surface area contributed by atoms with E-state index >= 15 is 0 Å². The molecule has 2 nitrogen and oxygen atoms in total. The zero-order valence-electron chi connectivity index (χ0n) is 7.83. The molecule has 0 saturated heterocycles. The van der Waals surface area contributed by atoms with Crippen LogP contribution in [0.3, 0.4) is 0 Å². The quantitative estimate of drug-likeness (QED) is 0.693. The molecule has 0 unspecified atom stereocenters. The third-order valence-corrected chi connectivity index (χ3v) is 1.56. The van der Waals surface area contributed by atoms with Gasteiger partial charge in [0.1, 0.15) is 5.75 Å². The molecule has 0 aliphatic carbocycles. The first-order chi connectivity index (χ1) is 5.49. The number of aromatic nitrogens is 1. The zero-order valence-corrected chi connectivity index (χ0v) is 7.83. The van der Waals surface area contributed by atoms with Crippen LogP contribution >= 0.6 is 0 Å². The van der Waals surface area contributed by atoms with Gasteiger partial charge >= 0.3 is 0 Å². The summed E-state index contributed by atoms with van der Waals surface area (Å²) in [6.45, 7) is 6.38. The molecule has 66 valence electrons. The Labute approximate surface area is 73.3 Å². The number of hydrogen-bond donors (Lipinski definition) is 1. The molecular weight excluding hydrogens is 150 g/mol. The van der Waals surface area contributed by atoms with Gasteiger partial charge in [-0.1, -0.05) is 20.8 Å². The molecule has 1 aromatic heterocycles. The smallest absolute Gasteiger partial charge is 0.137 e. The van der Waals surface area contributed by atoms with Gasteiger partial charge in [-0.3, -0.25) is 4.98 Å². The highest BCUT2D eigenvalue weighted by molar-refractivity contribution is 5.25. The minimum atomic E-state index is 0.172. The largest absolute Gasteiger partial charge is 0.506 e. The van der Waals surface area contributed by atoms with E-state index in [4.69, 9.17) is 0 Å². The van der Waals surface area contributed by atoms with Gasteiger partial charge in [0.25, 0.3) is 0 Å². The molecule has 0 bridgehead atoms. The third-order valence-electron chi connectivity index (χ3n) is 1.56. The third kappa shape index (κ3) is 2.53. The van der Waals surface area contributed by atoms with Crippen LogP contribution in [-0.2, 0) is 6.42 Å². The number of nitrogens with zero attached hydrogens (tertiary/aromatic N) is 1. The topological polar surface area (TPSA) is 33.1 Å². The Morgan fingerprint density at radius 2 is 2.08 bits per heavy atom. The number of hydrogen-bond acceptors (Lipinski definition) is 2. The summed E-state index contributed by atoms with van der Waals surface area (Å²) >= 11 is 0. The van der Waals surface area contributed by atoms with Gasteiger partial charge in [-0.15, -0.1) is 0 Å². The van der Waals surface area contributed by atoms with E-state index in [1.54, 1.807) is 18.3 Å². The predicted octanol–water partition coefficient (Wildman–Crippen LogP) is 2.38. The molecule has 2 heteroatoms. The molecule has 12 heavy (non-hydrogen) atoms. The molecule has 0 spiro atoms. The van der Waals surface area contributed by atoms with E-state index in [0.717, 1.165) is 12.1 Å². The van der Waals surface area contributed by atoms with Crippen molar-refractivity contribution in [2.24, 2.45) is 5.41 Å². The fourth-order valence-electron chi connectivity index (χ4n) is 1.07. The second-order valence-corrected chi connectivity index (χ2v) is 4.21. The summed E-state index contributed by atoms with van der Waals surface area (Å²) in [4.78, 5) is 4.11. The van der Waals surface area contributed by atoms with E-state index < -0.39 is 0 Å². The van der Waals surface area contributed by atoms with Crippen molar-refractivity contribution in [3.63, 3.8) is 0 Å². The molecule has 0 aromatic carbocycles. The Morgan fingerprint density at radius 3 is 2.58 bits per heavy atom. The first kappa shape index (κ1) is 9.04. The molecule has 0 radical (unpaired) electrons. The summed E-state index contributed by atoms with van der Waals surface area (Å²) in [6, 6.07) is 3.41. The highest BCUT2D eigenvalue weighted by Crippen LogP contribution is 2.24. The normalized spacial score (nSPS) is 11.6. The predicted molar refractivity (Wildman–Crippen MR) is 49.1 cm³/mol. The Hall–Kier alpha value is -1.05. The first-order valence-electron chi connectivity index (χ1n) is 4.12. The maximum absolute atomic E-state index is 9.41. The lowest BCUT2D eigenvalue weighted by molar-refractivity contribution is 0.388. The van der Waals surface area contributed by atoms with E-state index in [-0.39, 0.29) is 5.41 Å². The van der Waals surface area contributed by atoms with Crippen molar-refractivity contribution in [2.75, 3.05) is 0 Å². The second-order valence-electron chi connectivity index (χ2n) is 4.21. The van der Waals surface area contributed by atoms with Gasteiger partial charge in [-0.2, -0.15) is 0 Å². The highest BCUT2D eigenvalue weighted by atomic mass is 16.3.